The SMILES string of the molecule is Cc1ccc2c(c1)N(S(C)(=O)=O)CCC(C(=O)Nc1ccccc1)O2. The van der Waals surface area contributed by atoms with Gasteiger partial charge in [0, 0.05) is 18.7 Å². The van der Waals surface area contributed by atoms with Crippen LogP contribution in [0.25, 0.3) is 0 Å². The molecular formula is C18H20N2O4S. The highest BCUT2D eigenvalue weighted by atomic mass is 32.2. The van der Waals surface area contributed by atoms with Gasteiger partial charge in [-0.25, -0.2) is 8.42 Å². The number of carbonyl (C=O) groups excluding carboxylic acids is 1. The Bertz CT molecular complexity index is 881. The first-order valence-corrected chi connectivity index (χ1v) is 9.80. The lowest BCUT2D eigenvalue weighted by molar-refractivity contribution is -0.122. The second-order valence-corrected chi connectivity index (χ2v) is 7.96. The summed E-state index contributed by atoms with van der Waals surface area (Å²) in [5, 5.41) is 2.80. The molecule has 1 atom stereocenters. The molecule has 0 bridgehead atoms. The van der Waals surface area contributed by atoms with Crippen LogP contribution in [0.15, 0.2) is 48.5 Å². The van der Waals surface area contributed by atoms with Gasteiger partial charge in [-0.3, -0.25) is 9.10 Å². The minimum atomic E-state index is -3.47. The van der Waals surface area contributed by atoms with Crippen LogP contribution in [0.4, 0.5) is 11.4 Å². The molecular weight excluding hydrogens is 340 g/mol. The Labute approximate surface area is 147 Å². The van der Waals surface area contributed by atoms with Gasteiger partial charge in [-0.2, -0.15) is 0 Å². The molecule has 7 heteroatoms. The largest absolute Gasteiger partial charge is 0.478 e. The summed E-state index contributed by atoms with van der Waals surface area (Å²) in [5.74, 6) is 0.0924. The summed E-state index contributed by atoms with van der Waals surface area (Å²) in [4.78, 5) is 12.5. The predicted octanol–water partition coefficient (Wildman–Crippen LogP) is 2.55. The Hall–Kier alpha value is -2.54. The second kappa shape index (κ2) is 6.76. The van der Waals surface area contributed by atoms with E-state index in [4.69, 9.17) is 4.74 Å². The van der Waals surface area contributed by atoms with E-state index in [1.54, 1.807) is 24.3 Å². The van der Waals surface area contributed by atoms with Crippen LogP contribution in [0.3, 0.4) is 0 Å². The number of sulfonamides is 1. The molecule has 1 aliphatic rings. The van der Waals surface area contributed by atoms with E-state index in [0.29, 0.717) is 17.1 Å². The normalized spacial score (nSPS) is 17.2. The first kappa shape index (κ1) is 17.3. The Morgan fingerprint density at radius 1 is 1.20 bits per heavy atom. The second-order valence-electron chi connectivity index (χ2n) is 6.06. The lowest BCUT2D eigenvalue weighted by atomic mass is 10.2. The third-order valence-electron chi connectivity index (χ3n) is 3.98. The molecule has 0 aromatic heterocycles. The summed E-state index contributed by atoms with van der Waals surface area (Å²) in [6, 6.07) is 14.4. The van der Waals surface area contributed by atoms with Gasteiger partial charge in [0.15, 0.2) is 6.10 Å². The van der Waals surface area contributed by atoms with E-state index in [2.05, 4.69) is 5.32 Å². The zero-order valence-electron chi connectivity index (χ0n) is 14.1. The van der Waals surface area contributed by atoms with Crippen LogP contribution in [0.5, 0.6) is 5.75 Å². The van der Waals surface area contributed by atoms with E-state index in [-0.39, 0.29) is 18.9 Å². The quantitative estimate of drug-likeness (QED) is 0.913. The van der Waals surface area contributed by atoms with E-state index in [1.165, 1.54) is 4.31 Å². The monoisotopic (exact) mass is 360 g/mol. The van der Waals surface area contributed by atoms with Crippen molar-refractivity contribution in [2.24, 2.45) is 0 Å². The number of hydrogen-bond acceptors (Lipinski definition) is 4. The van der Waals surface area contributed by atoms with Crippen molar-refractivity contribution in [1.29, 1.82) is 0 Å². The zero-order chi connectivity index (χ0) is 18.0. The first-order valence-electron chi connectivity index (χ1n) is 7.95. The van der Waals surface area contributed by atoms with E-state index in [9.17, 15) is 13.2 Å². The molecule has 25 heavy (non-hydrogen) atoms. The van der Waals surface area contributed by atoms with Crippen LogP contribution in [-0.4, -0.2) is 33.2 Å². The summed E-state index contributed by atoms with van der Waals surface area (Å²) >= 11 is 0. The Balaban J connectivity index is 1.89. The number of rotatable bonds is 3. The molecule has 0 fully saturated rings. The van der Waals surface area contributed by atoms with E-state index in [0.717, 1.165) is 11.8 Å². The van der Waals surface area contributed by atoms with E-state index in [1.807, 2.05) is 31.2 Å². The molecule has 1 unspecified atom stereocenters. The summed E-state index contributed by atoms with van der Waals surface area (Å²) in [5.41, 5.74) is 2.06. The molecule has 1 aliphatic heterocycles. The maximum absolute atomic E-state index is 12.5. The Morgan fingerprint density at radius 2 is 1.92 bits per heavy atom. The molecule has 1 amide bonds. The number of nitrogens with one attached hydrogen (secondary N) is 1. The van der Waals surface area contributed by atoms with Gasteiger partial charge in [-0.1, -0.05) is 24.3 Å². The predicted molar refractivity (Wildman–Crippen MR) is 97.5 cm³/mol. The zero-order valence-corrected chi connectivity index (χ0v) is 14.9. The lowest BCUT2D eigenvalue weighted by Gasteiger charge is -2.21. The van der Waals surface area contributed by atoms with Gasteiger partial charge >= 0.3 is 0 Å². The maximum Gasteiger partial charge on any atom is 0.265 e. The molecule has 6 nitrogen and oxygen atoms in total. The molecule has 1 N–H and O–H groups in total. The molecule has 0 spiro atoms. The van der Waals surface area contributed by atoms with Gasteiger partial charge < -0.3 is 10.1 Å². The summed E-state index contributed by atoms with van der Waals surface area (Å²) < 4.78 is 31.5. The van der Waals surface area contributed by atoms with Crippen molar-refractivity contribution in [1.82, 2.24) is 0 Å². The number of fused-ring (bicyclic) bond motifs is 1. The molecule has 0 aliphatic carbocycles. The van der Waals surface area contributed by atoms with Crippen molar-refractivity contribution >= 4 is 27.3 Å². The molecule has 1 heterocycles. The minimum absolute atomic E-state index is 0.183. The highest BCUT2D eigenvalue weighted by Crippen LogP contribution is 2.35. The maximum atomic E-state index is 12.5. The fourth-order valence-electron chi connectivity index (χ4n) is 2.76. The van der Waals surface area contributed by atoms with Gasteiger partial charge in [-0.15, -0.1) is 0 Å². The van der Waals surface area contributed by atoms with E-state index >= 15 is 0 Å². The highest BCUT2D eigenvalue weighted by Gasteiger charge is 2.31. The molecule has 3 rings (SSSR count). The van der Waals surface area contributed by atoms with Crippen LogP contribution in [0.1, 0.15) is 12.0 Å². The van der Waals surface area contributed by atoms with Gasteiger partial charge in [0.25, 0.3) is 5.91 Å². The van der Waals surface area contributed by atoms with Crippen LogP contribution in [-0.2, 0) is 14.8 Å². The fraction of sp³-hybridized carbons (Fsp3) is 0.278. The average molecular weight is 360 g/mol. The minimum Gasteiger partial charge on any atom is -0.478 e. The number of ether oxygens (including phenoxy) is 1. The van der Waals surface area contributed by atoms with Crippen LogP contribution >= 0.6 is 0 Å². The standard InChI is InChI=1S/C18H20N2O4S/c1-13-8-9-16-15(12-13)20(25(2,22)23)11-10-17(24-16)18(21)19-14-6-4-3-5-7-14/h3-9,12,17H,10-11H2,1-2H3,(H,19,21). The molecule has 2 aromatic rings. The summed E-state index contributed by atoms with van der Waals surface area (Å²) in [6.45, 7) is 2.06. The highest BCUT2D eigenvalue weighted by molar-refractivity contribution is 7.92. The van der Waals surface area contributed by atoms with Crippen LogP contribution in [0, 0.1) is 6.92 Å². The topological polar surface area (TPSA) is 75.7 Å². The van der Waals surface area contributed by atoms with Crippen molar-refractivity contribution in [3.8, 4) is 5.75 Å². The number of carbonyl (C=O) groups is 1. The Morgan fingerprint density at radius 3 is 2.60 bits per heavy atom. The molecule has 0 saturated carbocycles. The number of aryl methyl sites for hydroxylation is 1. The molecule has 132 valence electrons. The number of benzene rings is 2. The summed E-state index contributed by atoms with van der Waals surface area (Å²) in [6.07, 6.45) is 0.650. The average Bonchev–Trinajstić information content (AvgIpc) is 2.74. The van der Waals surface area contributed by atoms with Crippen molar-refractivity contribution in [2.75, 3.05) is 22.4 Å². The molecule has 0 saturated heterocycles. The first-order chi connectivity index (χ1) is 11.8. The third kappa shape index (κ3) is 3.93. The van der Waals surface area contributed by atoms with Gasteiger partial charge in [-0.05, 0) is 36.8 Å². The molecule has 2 aromatic carbocycles. The number of hydrogen-bond donors (Lipinski definition) is 1. The Kier molecular flexibility index (Phi) is 4.67. The smallest absolute Gasteiger partial charge is 0.265 e. The number of amides is 1. The summed E-state index contributed by atoms with van der Waals surface area (Å²) in [7, 11) is -3.47. The van der Waals surface area contributed by atoms with Crippen molar-refractivity contribution in [3.63, 3.8) is 0 Å². The number of anilines is 2. The number of para-hydroxylation sites is 1. The van der Waals surface area contributed by atoms with Gasteiger partial charge in [0.1, 0.15) is 5.75 Å². The third-order valence-corrected chi connectivity index (χ3v) is 5.16. The fourth-order valence-corrected chi connectivity index (χ4v) is 3.70. The van der Waals surface area contributed by atoms with Crippen molar-refractivity contribution in [3.05, 3.63) is 54.1 Å². The van der Waals surface area contributed by atoms with Crippen LogP contribution in [0.2, 0.25) is 0 Å². The molecule has 0 radical (unpaired) electrons. The number of nitrogens with zero attached hydrogens (tertiary/aromatic N) is 1. The van der Waals surface area contributed by atoms with Crippen molar-refractivity contribution < 1.29 is 17.9 Å². The van der Waals surface area contributed by atoms with Gasteiger partial charge in [0.05, 0.1) is 11.9 Å². The van der Waals surface area contributed by atoms with E-state index < -0.39 is 16.1 Å². The van der Waals surface area contributed by atoms with Crippen molar-refractivity contribution in [2.45, 2.75) is 19.4 Å². The lowest BCUT2D eigenvalue weighted by Crippen LogP contribution is -2.35. The van der Waals surface area contributed by atoms with Crippen LogP contribution < -0.4 is 14.4 Å². The van der Waals surface area contributed by atoms with Gasteiger partial charge in [0.2, 0.25) is 10.0 Å².